The van der Waals surface area contributed by atoms with Gasteiger partial charge in [-0.2, -0.15) is 0 Å². The maximum absolute atomic E-state index is 12.2. The Hall–Kier alpha value is -2.62. The number of anilines is 1. The quantitative estimate of drug-likeness (QED) is 0.919. The lowest BCUT2D eigenvalue weighted by Gasteiger charge is -2.18. The summed E-state index contributed by atoms with van der Waals surface area (Å²) in [5.74, 6) is -0.201. The molecular formula is C18H20N2O2. The van der Waals surface area contributed by atoms with Gasteiger partial charge in [0.1, 0.15) is 0 Å². The van der Waals surface area contributed by atoms with Crippen LogP contribution in [0.4, 0.5) is 5.69 Å². The van der Waals surface area contributed by atoms with Crippen molar-refractivity contribution in [3.05, 3.63) is 65.7 Å². The SMILES string of the molecule is CCN(CC)C(=O)c1ccc(C(=O)Nc2ccccc2)cc1. The first-order chi connectivity index (χ1) is 10.7. The molecule has 0 spiro atoms. The molecule has 0 aliphatic carbocycles. The second kappa shape index (κ2) is 7.41. The second-order valence-corrected chi connectivity index (χ2v) is 4.87. The van der Waals surface area contributed by atoms with Gasteiger partial charge in [0, 0.05) is 29.9 Å². The molecule has 2 aromatic carbocycles. The van der Waals surface area contributed by atoms with E-state index in [4.69, 9.17) is 0 Å². The number of nitrogens with one attached hydrogen (secondary N) is 1. The summed E-state index contributed by atoms with van der Waals surface area (Å²) in [5.41, 5.74) is 1.87. The average molecular weight is 296 g/mol. The molecule has 1 N–H and O–H groups in total. The maximum Gasteiger partial charge on any atom is 0.255 e. The normalized spacial score (nSPS) is 10.1. The fraction of sp³-hybridized carbons (Fsp3) is 0.222. The first-order valence-corrected chi connectivity index (χ1v) is 7.41. The molecule has 0 aliphatic heterocycles. The zero-order valence-corrected chi connectivity index (χ0v) is 12.9. The van der Waals surface area contributed by atoms with Crippen molar-refractivity contribution in [2.24, 2.45) is 0 Å². The minimum Gasteiger partial charge on any atom is -0.339 e. The lowest BCUT2D eigenvalue weighted by atomic mass is 10.1. The predicted octanol–water partition coefficient (Wildman–Crippen LogP) is 3.42. The van der Waals surface area contributed by atoms with Crippen molar-refractivity contribution in [1.29, 1.82) is 0 Å². The summed E-state index contributed by atoms with van der Waals surface area (Å²) in [7, 11) is 0. The Kier molecular flexibility index (Phi) is 5.31. The second-order valence-electron chi connectivity index (χ2n) is 4.87. The van der Waals surface area contributed by atoms with Crippen LogP contribution in [0.25, 0.3) is 0 Å². The smallest absolute Gasteiger partial charge is 0.255 e. The molecule has 22 heavy (non-hydrogen) atoms. The zero-order chi connectivity index (χ0) is 15.9. The van der Waals surface area contributed by atoms with Gasteiger partial charge in [-0.15, -0.1) is 0 Å². The van der Waals surface area contributed by atoms with Crippen LogP contribution in [0.1, 0.15) is 34.6 Å². The van der Waals surface area contributed by atoms with Crippen LogP contribution < -0.4 is 5.32 Å². The first-order valence-electron chi connectivity index (χ1n) is 7.41. The van der Waals surface area contributed by atoms with E-state index in [2.05, 4.69) is 5.32 Å². The monoisotopic (exact) mass is 296 g/mol. The number of amides is 2. The van der Waals surface area contributed by atoms with Gasteiger partial charge in [-0.25, -0.2) is 0 Å². The molecule has 2 aromatic rings. The van der Waals surface area contributed by atoms with E-state index in [1.165, 1.54) is 0 Å². The highest BCUT2D eigenvalue weighted by atomic mass is 16.2. The van der Waals surface area contributed by atoms with Crippen LogP contribution in [0, 0.1) is 0 Å². The van der Waals surface area contributed by atoms with Crippen molar-refractivity contribution in [2.45, 2.75) is 13.8 Å². The maximum atomic E-state index is 12.2. The molecule has 0 saturated heterocycles. The van der Waals surface area contributed by atoms with Crippen LogP contribution >= 0.6 is 0 Å². The molecule has 0 atom stereocenters. The van der Waals surface area contributed by atoms with Gasteiger partial charge in [0.2, 0.25) is 0 Å². The van der Waals surface area contributed by atoms with Crippen LogP contribution in [0.3, 0.4) is 0 Å². The third-order valence-electron chi connectivity index (χ3n) is 3.48. The van der Waals surface area contributed by atoms with Gasteiger partial charge in [-0.05, 0) is 50.2 Å². The third kappa shape index (κ3) is 3.73. The molecule has 2 amide bonds. The minimum absolute atomic E-state index is 0.0139. The van der Waals surface area contributed by atoms with Gasteiger partial charge < -0.3 is 10.2 Å². The van der Waals surface area contributed by atoms with Crippen molar-refractivity contribution >= 4 is 17.5 Å². The molecule has 4 nitrogen and oxygen atoms in total. The molecule has 0 unspecified atom stereocenters. The van der Waals surface area contributed by atoms with Crippen molar-refractivity contribution < 1.29 is 9.59 Å². The van der Waals surface area contributed by atoms with E-state index in [0.29, 0.717) is 24.2 Å². The molecule has 0 bridgehead atoms. The van der Waals surface area contributed by atoms with Crippen molar-refractivity contribution in [1.82, 2.24) is 4.90 Å². The van der Waals surface area contributed by atoms with Crippen LogP contribution in [-0.2, 0) is 0 Å². The van der Waals surface area contributed by atoms with E-state index in [-0.39, 0.29) is 11.8 Å². The number of nitrogens with zero attached hydrogens (tertiary/aromatic N) is 1. The summed E-state index contributed by atoms with van der Waals surface area (Å²) in [5, 5.41) is 2.82. The molecule has 0 aromatic heterocycles. The molecule has 0 aliphatic rings. The Bertz CT molecular complexity index is 632. The molecule has 0 fully saturated rings. The van der Waals surface area contributed by atoms with E-state index in [1.54, 1.807) is 29.2 Å². The molecule has 2 rings (SSSR count). The number of benzene rings is 2. The summed E-state index contributed by atoms with van der Waals surface area (Å²) in [4.78, 5) is 26.1. The fourth-order valence-corrected chi connectivity index (χ4v) is 2.18. The van der Waals surface area contributed by atoms with E-state index in [1.807, 2.05) is 44.2 Å². The summed E-state index contributed by atoms with van der Waals surface area (Å²) >= 11 is 0. The fourth-order valence-electron chi connectivity index (χ4n) is 2.18. The topological polar surface area (TPSA) is 49.4 Å². The lowest BCUT2D eigenvalue weighted by Crippen LogP contribution is -2.30. The van der Waals surface area contributed by atoms with E-state index in [9.17, 15) is 9.59 Å². The molecule has 0 radical (unpaired) electrons. The Morgan fingerprint density at radius 1 is 0.864 bits per heavy atom. The Labute approximate surface area is 130 Å². The summed E-state index contributed by atoms with van der Waals surface area (Å²) in [6.45, 7) is 5.24. The Morgan fingerprint density at radius 3 is 1.95 bits per heavy atom. The van der Waals surface area contributed by atoms with E-state index < -0.39 is 0 Å². The van der Waals surface area contributed by atoms with Gasteiger partial charge in [-0.3, -0.25) is 9.59 Å². The standard InChI is InChI=1S/C18H20N2O2/c1-3-20(4-2)18(22)15-12-10-14(11-13-15)17(21)19-16-8-6-5-7-9-16/h5-13H,3-4H2,1-2H3,(H,19,21). The highest BCUT2D eigenvalue weighted by molar-refractivity contribution is 6.05. The zero-order valence-electron chi connectivity index (χ0n) is 12.9. The van der Waals surface area contributed by atoms with Gasteiger partial charge in [0.05, 0.1) is 0 Å². The number of hydrogen-bond acceptors (Lipinski definition) is 2. The highest BCUT2D eigenvalue weighted by Crippen LogP contribution is 2.11. The minimum atomic E-state index is -0.187. The van der Waals surface area contributed by atoms with Gasteiger partial charge in [0.25, 0.3) is 11.8 Å². The Balaban J connectivity index is 2.08. The van der Waals surface area contributed by atoms with E-state index in [0.717, 1.165) is 5.69 Å². The van der Waals surface area contributed by atoms with Crippen LogP contribution in [0.5, 0.6) is 0 Å². The molecule has 0 saturated carbocycles. The summed E-state index contributed by atoms with van der Waals surface area (Å²) in [6.07, 6.45) is 0. The molecular weight excluding hydrogens is 276 g/mol. The largest absolute Gasteiger partial charge is 0.339 e. The van der Waals surface area contributed by atoms with Crippen molar-refractivity contribution in [2.75, 3.05) is 18.4 Å². The van der Waals surface area contributed by atoms with Crippen LogP contribution in [0.15, 0.2) is 54.6 Å². The third-order valence-corrected chi connectivity index (χ3v) is 3.48. The van der Waals surface area contributed by atoms with Gasteiger partial charge in [-0.1, -0.05) is 18.2 Å². The lowest BCUT2D eigenvalue weighted by molar-refractivity contribution is 0.0772. The number of carbonyl (C=O) groups is 2. The average Bonchev–Trinajstić information content (AvgIpc) is 2.57. The van der Waals surface area contributed by atoms with E-state index >= 15 is 0 Å². The number of rotatable bonds is 5. The predicted molar refractivity (Wildman–Crippen MR) is 88.1 cm³/mol. The van der Waals surface area contributed by atoms with Crippen LogP contribution in [0.2, 0.25) is 0 Å². The molecule has 0 heterocycles. The highest BCUT2D eigenvalue weighted by Gasteiger charge is 2.13. The van der Waals surface area contributed by atoms with Crippen molar-refractivity contribution in [3.63, 3.8) is 0 Å². The van der Waals surface area contributed by atoms with Gasteiger partial charge in [0.15, 0.2) is 0 Å². The number of para-hydroxylation sites is 1. The molecule has 114 valence electrons. The summed E-state index contributed by atoms with van der Waals surface area (Å²) in [6, 6.07) is 16.0. The number of hydrogen-bond donors (Lipinski definition) is 1. The van der Waals surface area contributed by atoms with Gasteiger partial charge >= 0.3 is 0 Å². The van der Waals surface area contributed by atoms with Crippen molar-refractivity contribution in [3.8, 4) is 0 Å². The first kappa shape index (κ1) is 15.8. The summed E-state index contributed by atoms with van der Waals surface area (Å²) < 4.78 is 0. The van der Waals surface area contributed by atoms with Crippen LogP contribution in [-0.4, -0.2) is 29.8 Å². The molecule has 4 heteroatoms. The Morgan fingerprint density at radius 2 is 1.41 bits per heavy atom. The number of carbonyl (C=O) groups excluding carboxylic acids is 2.